The maximum atomic E-state index is 8.85. The van der Waals surface area contributed by atoms with Gasteiger partial charge < -0.3 is 0 Å². The molecule has 0 aliphatic carbocycles. The summed E-state index contributed by atoms with van der Waals surface area (Å²) in [5.41, 5.74) is 1.39. The Morgan fingerprint density at radius 3 is 2.67 bits per heavy atom. The van der Waals surface area contributed by atoms with Crippen LogP contribution in [0.15, 0.2) is 58.6 Å². The molecule has 102 valence electrons. The van der Waals surface area contributed by atoms with Gasteiger partial charge in [0.2, 0.25) is 5.16 Å². The van der Waals surface area contributed by atoms with Crippen molar-refractivity contribution in [1.82, 2.24) is 20.2 Å². The van der Waals surface area contributed by atoms with Crippen molar-refractivity contribution in [2.75, 3.05) is 0 Å². The normalized spacial score (nSPS) is 10.3. The second-order valence-corrected chi connectivity index (χ2v) is 5.48. The molecule has 0 N–H and O–H groups in total. The van der Waals surface area contributed by atoms with E-state index in [0.717, 1.165) is 10.6 Å². The van der Waals surface area contributed by atoms with E-state index in [2.05, 4.69) is 21.6 Å². The molecular formula is C14H8ClN5S. The first kappa shape index (κ1) is 13.6. The van der Waals surface area contributed by atoms with Gasteiger partial charge >= 0.3 is 0 Å². The summed E-state index contributed by atoms with van der Waals surface area (Å²) in [4.78, 5) is 0.794. The fourth-order valence-electron chi connectivity index (χ4n) is 1.73. The Hall–Kier alpha value is -2.36. The van der Waals surface area contributed by atoms with Crippen LogP contribution in [0.5, 0.6) is 0 Å². The number of halogens is 1. The van der Waals surface area contributed by atoms with Crippen LogP contribution in [0.3, 0.4) is 0 Å². The third-order valence-corrected chi connectivity index (χ3v) is 4.14. The fourth-order valence-corrected chi connectivity index (χ4v) is 2.82. The Balaban J connectivity index is 1.94. The molecule has 1 heterocycles. The van der Waals surface area contributed by atoms with Gasteiger partial charge in [-0.05, 0) is 52.5 Å². The van der Waals surface area contributed by atoms with E-state index in [-0.39, 0.29) is 0 Å². The highest BCUT2D eigenvalue weighted by Crippen LogP contribution is 2.33. The lowest BCUT2D eigenvalue weighted by Gasteiger charge is -2.05. The molecule has 2 aromatic carbocycles. The van der Waals surface area contributed by atoms with Crippen molar-refractivity contribution in [2.24, 2.45) is 0 Å². The Labute approximate surface area is 130 Å². The predicted octanol–water partition coefficient (Wildman–Crippen LogP) is 3.34. The summed E-state index contributed by atoms with van der Waals surface area (Å²) in [6, 6.07) is 16.8. The first-order valence-corrected chi connectivity index (χ1v) is 7.18. The molecule has 0 amide bonds. The maximum absolute atomic E-state index is 8.85. The highest BCUT2D eigenvalue weighted by Gasteiger charge is 2.12. The van der Waals surface area contributed by atoms with Crippen LogP contribution >= 0.6 is 23.4 Å². The highest BCUT2D eigenvalue weighted by atomic mass is 35.5. The predicted molar refractivity (Wildman–Crippen MR) is 79.4 cm³/mol. The summed E-state index contributed by atoms with van der Waals surface area (Å²) in [5.74, 6) is 0. The number of nitrogens with zero attached hydrogens (tertiary/aromatic N) is 5. The Morgan fingerprint density at radius 2 is 1.95 bits per heavy atom. The van der Waals surface area contributed by atoms with Crippen molar-refractivity contribution < 1.29 is 0 Å². The van der Waals surface area contributed by atoms with Crippen molar-refractivity contribution in [3.05, 3.63) is 59.1 Å². The van der Waals surface area contributed by atoms with Crippen molar-refractivity contribution in [3.8, 4) is 11.8 Å². The van der Waals surface area contributed by atoms with Crippen LogP contribution in [-0.4, -0.2) is 20.2 Å². The maximum Gasteiger partial charge on any atom is 0.218 e. The zero-order valence-electron chi connectivity index (χ0n) is 10.6. The number of para-hydroxylation sites is 1. The lowest BCUT2D eigenvalue weighted by atomic mass is 10.2. The molecule has 0 radical (unpaired) electrons. The van der Waals surface area contributed by atoms with Gasteiger partial charge in [-0.15, -0.1) is 5.10 Å². The summed E-state index contributed by atoms with van der Waals surface area (Å²) < 4.78 is 1.64. The minimum Gasteiger partial charge on any atom is -0.192 e. The zero-order valence-corrected chi connectivity index (χ0v) is 12.2. The minimum absolute atomic E-state index is 0.502. The van der Waals surface area contributed by atoms with Gasteiger partial charge in [-0.1, -0.05) is 29.8 Å². The van der Waals surface area contributed by atoms with Gasteiger partial charge in [-0.3, -0.25) is 0 Å². The van der Waals surface area contributed by atoms with Crippen LogP contribution in [-0.2, 0) is 0 Å². The van der Waals surface area contributed by atoms with Gasteiger partial charge in [0.15, 0.2) is 0 Å². The van der Waals surface area contributed by atoms with Gasteiger partial charge in [0.1, 0.15) is 0 Å². The molecule has 3 aromatic rings. The van der Waals surface area contributed by atoms with E-state index >= 15 is 0 Å². The highest BCUT2D eigenvalue weighted by molar-refractivity contribution is 7.99. The van der Waals surface area contributed by atoms with Crippen molar-refractivity contribution >= 4 is 23.4 Å². The van der Waals surface area contributed by atoms with Crippen LogP contribution in [0.25, 0.3) is 5.69 Å². The average molecular weight is 314 g/mol. The molecule has 0 saturated heterocycles. The van der Waals surface area contributed by atoms with E-state index in [1.165, 1.54) is 11.8 Å². The molecule has 5 nitrogen and oxygen atoms in total. The zero-order chi connectivity index (χ0) is 14.7. The van der Waals surface area contributed by atoms with Crippen molar-refractivity contribution in [1.29, 1.82) is 5.26 Å². The second-order valence-electron chi connectivity index (χ2n) is 4.07. The first-order chi connectivity index (χ1) is 10.3. The lowest BCUT2D eigenvalue weighted by molar-refractivity contribution is 0.756. The summed E-state index contributed by atoms with van der Waals surface area (Å²) in [6.45, 7) is 0. The number of aromatic nitrogens is 4. The van der Waals surface area contributed by atoms with Gasteiger partial charge in [-0.2, -0.15) is 9.94 Å². The molecule has 3 rings (SSSR count). The fraction of sp³-hybridized carbons (Fsp3) is 0. The molecule has 0 aliphatic heterocycles. The van der Waals surface area contributed by atoms with Crippen molar-refractivity contribution in [3.63, 3.8) is 0 Å². The molecule has 21 heavy (non-hydrogen) atoms. The monoisotopic (exact) mass is 313 g/mol. The summed E-state index contributed by atoms with van der Waals surface area (Å²) in [5, 5.41) is 21.7. The van der Waals surface area contributed by atoms with Crippen LogP contribution in [0, 0.1) is 11.3 Å². The third-order valence-electron chi connectivity index (χ3n) is 2.70. The first-order valence-electron chi connectivity index (χ1n) is 5.99. The number of tetrazole rings is 1. The van der Waals surface area contributed by atoms with Crippen molar-refractivity contribution in [2.45, 2.75) is 10.1 Å². The molecule has 0 spiro atoms. The number of nitriles is 1. The van der Waals surface area contributed by atoms with E-state index in [1.54, 1.807) is 22.9 Å². The van der Waals surface area contributed by atoms with Gasteiger partial charge in [-0.25, -0.2) is 0 Å². The molecule has 1 aromatic heterocycles. The van der Waals surface area contributed by atoms with E-state index in [1.807, 2.05) is 30.3 Å². The van der Waals surface area contributed by atoms with Crippen LogP contribution in [0.4, 0.5) is 0 Å². The van der Waals surface area contributed by atoms with Crippen LogP contribution < -0.4 is 0 Å². The molecule has 0 saturated carbocycles. The lowest BCUT2D eigenvalue weighted by Crippen LogP contribution is -1.98. The van der Waals surface area contributed by atoms with E-state index in [0.29, 0.717) is 15.7 Å². The van der Waals surface area contributed by atoms with Gasteiger partial charge in [0.25, 0.3) is 0 Å². The topological polar surface area (TPSA) is 67.4 Å². The second kappa shape index (κ2) is 5.95. The largest absolute Gasteiger partial charge is 0.218 e. The molecular weight excluding hydrogens is 306 g/mol. The van der Waals surface area contributed by atoms with E-state index < -0.39 is 0 Å². The number of rotatable bonds is 3. The Kier molecular flexibility index (Phi) is 3.86. The third kappa shape index (κ3) is 2.89. The smallest absolute Gasteiger partial charge is 0.192 e. The van der Waals surface area contributed by atoms with E-state index in [4.69, 9.17) is 16.9 Å². The summed E-state index contributed by atoms with van der Waals surface area (Å²) in [6.07, 6.45) is 0. The van der Waals surface area contributed by atoms with E-state index in [9.17, 15) is 0 Å². The van der Waals surface area contributed by atoms with Gasteiger partial charge in [0.05, 0.1) is 22.3 Å². The van der Waals surface area contributed by atoms with Crippen LogP contribution in [0.1, 0.15) is 5.56 Å². The molecule has 0 fully saturated rings. The minimum atomic E-state index is 0.502. The molecule has 7 heteroatoms. The Bertz CT molecular complexity index is 810. The van der Waals surface area contributed by atoms with Gasteiger partial charge in [0, 0.05) is 4.90 Å². The number of hydrogen-bond donors (Lipinski definition) is 0. The van der Waals surface area contributed by atoms with Crippen LogP contribution in [0.2, 0.25) is 5.02 Å². The Morgan fingerprint density at radius 1 is 1.14 bits per heavy atom. The number of hydrogen-bond acceptors (Lipinski definition) is 5. The summed E-state index contributed by atoms with van der Waals surface area (Å²) >= 11 is 7.52. The molecule has 0 atom stereocenters. The number of benzene rings is 2. The molecule has 0 bridgehead atoms. The summed E-state index contributed by atoms with van der Waals surface area (Å²) in [7, 11) is 0. The average Bonchev–Trinajstić information content (AvgIpc) is 2.98. The SMILES string of the molecule is N#Cc1ccc(Sc2nnnn2-c2ccccc2)c(Cl)c1. The molecule has 0 unspecified atom stereocenters. The standard InChI is InChI=1S/C14H8ClN5S/c15-12-8-10(9-16)6-7-13(12)21-14-17-18-19-20(14)11-4-2-1-3-5-11/h1-8H. The quantitative estimate of drug-likeness (QED) is 0.742. The molecule has 0 aliphatic rings.